The number of nitrogens with one attached hydrogen (secondary N) is 1. The van der Waals surface area contributed by atoms with Crippen LogP contribution < -0.4 is 5.32 Å². The van der Waals surface area contributed by atoms with Gasteiger partial charge in [-0.15, -0.1) is 0 Å². The highest BCUT2D eigenvalue weighted by Gasteiger charge is 2.32. The van der Waals surface area contributed by atoms with E-state index < -0.39 is 34.8 Å². The molecule has 0 aliphatic heterocycles. The van der Waals surface area contributed by atoms with Crippen LogP contribution in [0.2, 0.25) is 0 Å². The molecular formula is C13H7F5N2O. The van der Waals surface area contributed by atoms with Crippen molar-refractivity contribution in [1.29, 1.82) is 0 Å². The van der Waals surface area contributed by atoms with Gasteiger partial charge in [0.25, 0.3) is 5.91 Å². The van der Waals surface area contributed by atoms with Crippen LogP contribution in [0, 0.1) is 11.6 Å². The fraction of sp³-hybridized carbons (Fsp3) is 0.0769. The quantitative estimate of drug-likeness (QED) is 0.861. The molecule has 1 heterocycles. The van der Waals surface area contributed by atoms with Gasteiger partial charge in [-0.2, -0.15) is 13.2 Å². The monoisotopic (exact) mass is 302 g/mol. The Morgan fingerprint density at radius 2 is 1.81 bits per heavy atom. The Morgan fingerprint density at radius 3 is 2.43 bits per heavy atom. The summed E-state index contributed by atoms with van der Waals surface area (Å²) in [7, 11) is 0. The lowest BCUT2D eigenvalue weighted by Crippen LogP contribution is -2.16. The number of aromatic nitrogens is 1. The van der Waals surface area contributed by atoms with Gasteiger partial charge in [0.05, 0.1) is 23.0 Å². The highest BCUT2D eigenvalue weighted by molar-refractivity contribution is 6.04. The third-order valence-corrected chi connectivity index (χ3v) is 2.56. The Labute approximate surface area is 115 Å². The molecule has 0 saturated heterocycles. The Hall–Kier alpha value is -2.51. The second kappa shape index (κ2) is 5.47. The number of amides is 1. The summed E-state index contributed by atoms with van der Waals surface area (Å²) in [5, 5.41) is 1.98. The van der Waals surface area contributed by atoms with E-state index >= 15 is 0 Å². The average molecular weight is 302 g/mol. The lowest BCUT2D eigenvalue weighted by Gasteiger charge is -2.10. The maximum Gasteiger partial charge on any atom is 0.416 e. The van der Waals surface area contributed by atoms with E-state index in [4.69, 9.17) is 0 Å². The molecule has 3 nitrogen and oxygen atoms in total. The summed E-state index contributed by atoms with van der Waals surface area (Å²) in [6.07, 6.45) is -2.75. The van der Waals surface area contributed by atoms with Crippen molar-refractivity contribution in [3.8, 4) is 0 Å². The highest BCUT2D eigenvalue weighted by atomic mass is 19.4. The van der Waals surface area contributed by atoms with Gasteiger partial charge in [-0.1, -0.05) is 0 Å². The van der Waals surface area contributed by atoms with Gasteiger partial charge in [-0.05, 0) is 24.3 Å². The minimum absolute atomic E-state index is 0.313. The number of benzene rings is 1. The van der Waals surface area contributed by atoms with Crippen LogP contribution in [0.4, 0.5) is 27.6 Å². The first-order chi connectivity index (χ1) is 9.79. The highest BCUT2D eigenvalue weighted by Crippen LogP contribution is 2.30. The normalized spacial score (nSPS) is 11.3. The molecule has 2 aromatic rings. The van der Waals surface area contributed by atoms with E-state index in [0.29, 0.717) is 18.2 Å². The minimum Gasteiger partial charge on any atom is -0.319 e. The van der Waals surface area contributed by atoms with Gasteiger partial charge in [0, 0.05) is 6.20 Å². The number of nitrogens with zero attached hydrogens (tertiary/aromatic N) is 1. The van der Waals surface area contributed by atoms with Crippen LogP contribution in [0.1, 0.15) is 15.9 Å². The number of carbonyl (C=O) groups excluding carboxylic acids is 1. The van der Waals surface area contributed by atoms with E-state index in [2.05, 4.69) is 4.98 Å². The zero-order valence-corrected chi connectivity index (χ0v) is 10.2. The molecule has 0 aliphatic rings. The molecule has 1 amide bonds. The maximum absolute atomic E-state index is 13.5. The lowest BCUT2D eigenvalue weighted by atomic mass is 10.1. The summed E-state index contributed by atoms with van der Waals surface area (Å²) in [5.74, 6) is -3.23. The number of pyridine rings is 1. The predicted molar refractivity (Wildman–Crippen MR) is 63.6 cm³/mol. The van der Waals surface area contributed by atoms with E-state index in [-0.39, 0.29) is 5.69 Å². The Morgan fingerprint density at radius 1 is 1.10 bits per heavy atom. The third kappa shape index (κ3) is 3.33. The van der Waals surface area contributed by atoms with E-state index in [9.17, 15) is 26.7 Å². The van der Waals surface area contributed by atoms with E-state index in [1.807, 2.05) is 5.32 Å². The summed E-state index contributed by atoms with van der Waals surface area (Å²) >= 11 is 0. The van der Waals surface area contributed by atoms with Crippen LogP contribution >= 0.6 is 0 Å². The second-order valence-electron chi connectivity index (χ2n) is 4.00. The molecule has 0 unspecified atom stereocenters. The van der Waals surface area contributed by atoms with Gasteiger partial charge < -0.3 is 5.32 Å². The van der Waals surface area contributed by atoms with Crippen molar-refractivity contribution < 1.29 is 26.7 Å². The van der Waals surface area contributed by atoms with Gasteiger partial charge >= 0.3 is 6.18 Å². The first-order valence-corrected chi connectivity index (χ1v) is 5.56. The van der Waals surface area contributed by atoms with Gasteiger partial charge in [-0.25, -0.2) is 8.78 Å². The maximum atomic E-state index is 13.5. The Balaban J connectivity index is 2.33. The molecular weight excluding hydrogens is 295 g/mol. The third-order valence-electron chi connectivity index (χ3n) is 2.56. The molecule has 21 heavy (non-hydrogen) atoms. The molecule has 0 spiro atoms. The van der Waals surface area contributed by atoms with Crippen molar-refractivity contribution in [2.24, 2.45) is 0 Å². The molecule has 1 aromatic heterocycles. The smallest absolute Gasteiger partial charge is 0.319 e. The summed E-state index contributed by atoms with van der Waals surface area (Å²) in [4.78, 5) is 15.2. The van der Waals surface area contributed by atoms with Gasteiger partial charge in [0.2, 0.25) is 0 Å². The molecule has 0 atom stereocenters. The van der Waals surface area contributed by atoms with Crippen molar-refractivity contribution in [3.05, 3.63) is 59.4 Å². The molecule has 0 bridgehead atoms. The van der Waals surface area contributed by atoms with Gasteiger partial charge in [-0.3, -0.25) is 9.78 Å². The van der Waals surface area contributed by atoms with Crippen LogP contribution in [-0.4, -0.2) is 10.9 Å². The van der Waals surface area contributed by atoms with Gasteiger partial charge in [0.15, 0.2) is 5.82 Å². The molecule has 8 heteroatoms. The Bertz CT molecular complexity index is 685. The van der Waals surface area contributed by atoms with E-state index in [1.54, 1.807) is 0 Å². The first-order valence-electron chi connectivity index (χ1n) is 5.56. The van der Waals surface area contributed by atoms with Crippen LogP contribution in [0.15, 0.2) is 36.7 Å². The van der Waals surface area contributed by atoms with Crippen LogP contribution in [0.5, 0.6) is 0 Å². The number of hydrogen-bond acceptors (Lipinski definition) is 2. The number of rotatable bonds is 2. The van der Waals surface area contributed by atoms with Crippen molar-refractivity contribution >= 4 is 11.6 Å². The van der Waals surface area contributed by atoms with Gasteiger partial charge in [0.1, 0.15) is 5.82 Å². The average Bonchev–Trinajstić information content (AvgIpc) is 2.40. The summed E-state index contributed by atoms with van der Waals surface area (Å²) in [6.45, 7) is 0. The van der Waals surface area contributed by atoms with E-state index in [1.165, 1.54) is 6.20 Å². The van der Waals surface area contributed by atoms with Crippen molar-refractivity contribution in [2.75, 3.05) is 5.32 Å². The number of anilines is 1. The van der Waals surface area contributed by atoms with Crippen LogP contribution in [0.25, 0.3) is 0 Å². The second-order valence-corrected chi connectivity index (χ2v) is 4.00. The topological polar surface area (TPSA) is 42.0 Å². The molecule has 1 N–H and O–H groups in total. The molecule has 0 saturated carbocycles. The first kappa shape index (κ1) is 14.9. The lowest BCUT2D eigenvalue weighted by molar-refractivity contribution is -0.137. The minimum atomic E-state index is -4.72. The number of alkyl halides is 3. The predicted octanol–water partition coefficient (Wildman–Crippen LogP) is 3.63. The summed E-state index contributed by atoms with van der Waals surface area (Å²) < 4.78 is 64.4. The standard InChI is InChI=1S/C13H7F5N2O/c14-9-2-1-7(13(16,17)18)5-8(9)12(21)20-11-3-4-19-6-10(11)15/h1-6H,(H,19,20,21). The molecule has 0 aliphatic carbocycles. The Kier molecular flexibility index (Phi) is 3.88. The summed E-state index contributed by atoms with van der Waals surface area (Å²) in [5.41, 5.74) is -2.32. The van der Waals surface area contributed by atoms with Crippen molar-refractivity contribution in [3.63, 3.8) is 0 Å². The van der Waals surface area contributed by atoms with Crippen molar-refractivity contribution in [2.45, 2.75) is 6.18 Å². The molecule has 1 aromatic carbocycles. The van der Waals surface area contributed by atoms with Crippen LogP contribution in [-0.2, 0) is 6.18 Å². The largest absolute Gasteiger partial charge is 0.416 e. The number of hydrogen-bond donors (Lipinski definition) is 1. The zero-order chi connectivity index (χ0) is 15.6. The number of carbonyl (C=O) groups is 1. The fourth-order valence-corrected chi connectivity index (χ4v) is 1.54. The summed E-state index contributed by atoms with van der Waals surface area (Å²) in [6, 6.07) is 2.50. The molecule has 0 fully saturated rings. The van der Waals surface area contributed by atoms with Crippen LogP contribution in [0.3, 0.4) is 0 Å². The fourth-order valence-electron chi connectivity index (χ4n) is 1.54. The molecule has 2 rings (SSSR count). The molecule has 0 radical (unpaired) electrons. The van der Waals surface area contributed by atoms with Crippen molar-refractivity contribution in [1.82, 2.24) is 4.98 Å². The number of halogens is 5. The van der Waals surface area contributed by atoms with E-state index in [0.717, 1.165) is 12.3 Å². The molecule has 110 valence electrons. The SMILES string of the molecule is O=C(Nc1ccncc1F)c1cc(C(F)(F)F)ccc1F. The zero-order valence-electron chi connectivity index (χ0n) is 10.2.